The number of hydrogen-bond donors (Lipinski definition) is 2. The fourth-order valence-corrected chi connectivity index (χ4v) is 2.75. The molecule has 110 valence electrons. The Kier molecular flexibility index (Phi) is 7.97. The highest BCUT2D eigenvalue weighted by molar-refractivity contribution is 7.87. The van der Waals surface area contributed by atoms with Crippen molar-refractivity contribution in [1.82, 2.24) is 13.9 Å². The zero-order valence-corrected chi connectivity index (χ0v) is 12.9. The molecule has 0 amide bonds. The molecule has 0 aromatic heterocycles. The van der Waals surface area contributed by atoms with Crippen molar-refractivity contribution in [3.8, 4) is 0 Å². The number of aliphatic hydroxyl groups excluding tert-OH is 1. The summed E-state index contributed by atoms with van der Waals surface area (Å²) in [6, 6.07) is -0.124. The second-order valence-electron chi connectivity index (χ2n) is 5.13. The molecule has 0 saturated carbocycles. The number of likely N-dealkylation sites (N-methyl/N-ethyl adjacent to an activating group) is 1. The molecule has 0 aliphatic carbocycles. The molecule has 7 heteroatoms. The molecule has 0 spiro atoms. The van der Waals surface area contributed by atoms with Gasteiger partial charge in [0.15, 0.2) is 0 Å². The first-order valence-corrected chi connectivity index (χ1v) is 7.64. The maximum atomic E-state index is 12.0. The van der Waals surface area contributed by atoms with Gasteiger partial charge in [-0.3, -0.25) is 0 Å². The van der Waals surface area contributed by atoms with Crippen molar-refractivity contribution in [2.24, 2.45) is 5.92 Å². The van der Waals surface area contributed by atoms with Gasteiger partial charge >= 0.3 is 0 Å². The van der Waals surface area contributed by atoms with Crippen molar-refractivity contribution in [2.45, 2.75) is 26.3 Å². The summed E-state index contributed by atoms with van der Waals surface area (Å²) in [4.78, 5) is 1.96. The van der Waals surface area contributed by atoms with Gasteiger partial charge in [0.1, 0.15) is 0 Å². The van der Waals surface area contributed by atoms with Crippen LogP contribution >= 0.6 is 0 Å². The lowest BCUT2D eigenvalue weighted by molar-refractivity contribution is 0.273. The third kappa shape index (κ3) is 6.65. The van der Waals surface area contributed by atoms with E-state index in [4.69, 9.17) is 5.11 Å². The van der Waals surface area contributed by atoms with Crippen LogP contribution in [0.4, 0.5) is 0 Å². The highest BCUT2D eigenvalue weighted by Crippen LogP contribution is 2.06. The Hall–Kier alpha value is -0.210. The summed E-state index contributed by atoms with van der Waals surface area (Å²) in [6.45, 7) is 4.95. The van der Waals surface area contributed by atoms with Crippen molar-refractivity contribution >= 4 is 10.2 Å². The number of hydrogen-bond acceptors (Lipinski definition) is 4. The molecule has 0 aromatic rings. The van der Waals surface area contributed by atoms with Crippen LogP contribution in [0.3, 0.4) is 0 Å². The van der Waals surface area contributed by atoms with E-state index in [-0.39, 0.29) is 18.6 Å². The van der Waals surface area contributed by atoms with Crippen molar-refractivity contribution in [1.29, 1.82) is 0 Å². The molecule has 0 bridgehead atoms. The standard InChI is InChI=1S/C11H27N3O3S/c1-10(2)11(9-13(3)4)12-18(16,17)14(5)7-6-8-15/h10-12,15H,6-9H2,1-5H3. The molecule has 6 nitrogen and oxygen atoms in total. The Morgan fingerprint density at radius 1 is 1.22 bits per heavy atom. The molecule has 0 aliphatic heterocycles. The third-order valence-corrected chi connectivity index (χ3v) is 4.31. The Morgan fingerprint density at radius 2 is 1.78 bits per heavy atom. The average Bonchev–Trinajstić information content (AvgIpc) is 2.23. The van der Waals surface area contributed by atoms with E-state index < -0.39 is 10.2 Å². The van der Waals surface area contributed by atoms with Gasteiger partial charge in [0, 0.05) is 32.8 Å². The Labute approximate surface area is 111 Å². The summed E-state index contributed by atoms with van der Waals surface area (Å²) >= 11 is 0. The van der Waals surface area contributed by atoms with Crippen LogP contribution in [0.1, 0.15) is 20.3 Å². The van der Waals surface area contributed by atoms with Gasteiger partial charge in [-0.25, -0.2) is 0 Å². The topological polar surface area (TPSA) is 72.9 Å². The van der Waals surface area contributed by atoms with E-state index in [1.165, 1.54) is 11.4 Å². The van der Waals surface area contributed by atoms with Crippen LogP contribution in [0.15, 0.2) is 0 Å². The molecular formula is C11H27N3O3S. The fraction of sp³-hybridized carbons (Fsp3) is 1.00. The van der Waals surface area contributed by atoms with Crippen molar-refractivity contribution in [3.05, 3.63) is 0 Å². The largest absolute Gasteiger partial charge is 0.396 e. The zero-order valence-electron chi connectivity index (χ0n) is 12.0. The van der Waals surface area contributed by atoms with E-state index in [1.807, 2.05) is 32.8 Å². The van der Waals surface area contributed by atoms with Crippen LogP contribution in [-0.2, 0) is 10.2 Å². The predicted molar refractivity (Wildman–Crippen MR) is 73.6 cm³/mol. The molecule has 0 heterocycles. The highest BCUT2D eigenvalue weighted by atomic mass is 32.2. The lowest BCUT2D eigenvalue weighted by Crippen LogP contribution is -2.49. The third-order valence-electron chi connectivity index (χ3n) is 2.71. The number of rotatable bonds is 9. The molecule has 0 aliphatic rings. The summed E-state index contributed by atoms with van der Waals surface area (Å²) in [5.41, 5.74) is 0. The summed E-state index contributed by atoms with van der Waals surface area (Å²) in [5, 5.41) is 8.72. The lowest BCUT2D eigenvalue weighted by atomic mass is 10.1. The summed E-state index contributed by atoms with van der Waals surface area (Å²) in [6.07, 6.45) is 0.442. The van der Waals surface area contributed by atoms with Gasteiger partial charge in [0.25, 0.3) is 10.2 Å². The van der Waals surface area contributed by atoms with E-state index >= 15 is 0 Å². The van der Waals surface area contributed by atoms with Crippen LogP contribution in [-0.4, -0.2) is 69.6 Å². The first-order valence-electron chi connectivity index (χ1n) is 6.20. The molecule has 0 fully saturated rings. The second kappa shape index (κ2) is 8.06. The van der Waals surface area contributed by atoms with Crippen molar-refractivity contribution in [3.63, 3.8) is 0 Å². The SMILES string of the molecule is CC(C)C(CN(C)C)NS(=O)(=O)N(C)CCCO. The van der Waals surface area contributed by atoms with Gasteiger partial charge in [0.2, 0.25) is 0 Å². The molecule has 1 unspecified atom stereocenters. The van der Waals surface area contributed by atoms with Gasteiger partial charge in [-0.05, 0) is 26.4 Å². The number of nitrogens with one attached hydrogen (secondary N) is 1. The quantitative estimate of drug-likeness (QED) is 0.610. The normalized spacial score (nSPS) is 14.7. The van der Waals surface area contributed by atoms with Crippen molar-refractivity contribution < 1.29 is 13.5 Å². The smallest absolute Gasteiger partial charge is 0.279 e. The Morgan fingerprint density at radius 3 is 2.17 bits per heavy atom. The minimum Gasteiger partial charge on any atom is -0.396 e. The van der Waals surface area contributed by atoms with E-state index in [0.29, 0.717) is 19.5 Å². The van der Waals surface area contributed by atoms with Crippen molar-refractivity contribution in [2.75, 3.05) is 40.8 Å². The minimum atomic E-state index is -3.48. The molecule has 18 heavy (non-hydrogen) atoms. The molecule has 0 radical (unpaired) electrons. The molecular weight excluding hydrogens is 254 g/mol. The van der Waals surface area contributed by atoms with Crippen LogP contribution in [0.5, 0.6) is 0 Å². The first kappa shape index (κ1) is 17.8. The van der Waals surface area contributed by atoms with Gasteiger partial charge in [-0.15, -0.1) is 0 Å². The van der Waals surface area contributed by atoms with E-state index in [0.717, 1.165) is 0 Å². The molecule has 0 aromatic carbocycles. The van der Waals surface area contributed by atoms with Crippen LogP contribution in [0.2, 0.25) is 0 Å². The van der Waals surface area contributed by atoms with Gasteiger partial charge < -0.3 is 10.0 Å². The maximum Gasteiger partial charge on any atom is 0.279 e. The monoisotopic (exact) mass is 281 g/mol. The number of nitrogens with zero attached hydrogens (tertiary/aromatic N) is 2. The summed E-state index contributed by atoms with van der Waals surface area (Å²) in [5.74, 6) is 0.216. The lowest BCUT2D eigenvalue weighted by Gasteiger charge is -2.27. The van der Waals surface area contributed by atoms with E-state index in [9.17, 15) is 8.42 Å². The van der Waals surface area contributed by atoms with Crippen LogP contribution in [0, 0.1) is 5.92 Å². The predicted octanol–water partition coefficient (Wildman–Crippen LogP) is -0.279. The minimum absolute atomic E-state index is 0.00876. The van der Waals surface area contributed by atoms with Gasteiger partial charge in [-0.2, -0.15) is 17.4 Å². The Bertz CT molecular complexity index is 317. The van der Waals surface area contributed by atoms with Gasteiger partial charge in [0.05, 0.1) is 0 Å². The summed E-state index contributed by atoms with van der Waals surface area (Å²) in [7, 11) is 1.87. The molecule has 0 rings (SSSR count). The number of aliphatic hydroxyl groups is 1. The Balaban J connectivity index is 4.59. The molecule has 0 saturated heterocycles. The van der Waals surface area contributed by atoms with Crippen LogP contribution in [0.25, 0.3) is 0 Å². The average molecular weight is 281 g/mol. The maximum absolute atomic E-state index is 12.0. The zero-order chi connectivity index (χ0) is 14.3. The molecule has 1 atom stereocenters. The highest BCUT2D eigenvalue weighted by Gasteiger charge is 2.24. The first-order chi connectivity index (χ1) is 8.20. The fourth-order valence-electron chi connectivity index (χ4n) is 1.47. The van der Waals surface area contributed by atoms with E-state index in [2.05, 4.69) is 4.72 Å². The van der Waals surface area contributed by atoms with E-state index in [1.54, 1.807) is 0 Å². The second-order valence-corrected chi connectivity index (χ2v) is 6.94. The van der Waals surface area contributed by atoms with Gasteiger partial charge in [-0.1, -0.05) is 13.8 Å². The van der Waals surface area contributed by atoms with Crippen LogP contribution < -0.4 is 4.72 Å². The summed E-state index contributed by atoms with van der Waals surface area (Å²) < 4.78 is 28.0. The molecule has 2 N–H and O–H groups in total.